The van der Waals surface area contributed by atoms with Crippen LogP contribution >= 0.6 is 11.8 Å². The molecule has 0 aliphatic heterocycles. The van der Waals surface area contributed by atoms with Crippen LogP contribution in [0.5, 0.6) is 5.75 Å². The fourth-order valence-electron chi connectivity index (χ4n) is 3.57. The van der Waals surface area contributed by atoms with Crippen molar-refractivity contribution in [3.8, 4) is 22.8 Å². The lowest BCUT2D eigenvalue weighted by Gasteiger charge is -2.15. The normalized spacial score (nSPS) is 11.9. The minimum atomic E-state index is -5.03. The van der Waals surface area contributed by atoms with E-state index in [2.05, 4.69) is 15.5 Å². The summed E-state index contributed by atoms with van der Waals surface area (Å²) in [6, 6.07) is 15.4. The van der Waals surface area contributed by atoms with E-state index in [0.29, 0.717) is 40.1 Å². The van der Waals surface area contributed by atoms with Crippen LogP contribution in [-0.2, 0) is 17.1 Å². The Bertz CT molecular complexity index is 1430. The van der Waals surface area contributed by atoms with Crippen molar-refractivity contribution in [2.24, 2.45) is 0 Å². The van der Waals surface area contributed by atoms with Crippen LogP contribution in [0.25, 0.3) is 17.1 Å². The first-order valence-corrected chi connectivity index (χ1v) is 12.2. The number of benzene rings is 3. The Labute approximate surface area is 223 Å². The largest absolute Gasteiger partial charge is 0.497 e. The number of amides is 1. The third kappa shape index (κ3) is 6.72. The Balaban J connectivity index is 1.60. The molecule has 0 atom stereocenters. The number of hydrogen-bond donors (Lipinski definition) is 1. The Kier molecular flexibility index (Phi) is 7.91. The molecular formula is C26H20F6N4O2S. The molecule has 6 nitrogen and oxygen atoms in total. The second-order valence-electron chi connectivity index (χ2n) is 8.34. The number of methoxy groups -OCH3 is 1. The van der Waals surface area contributed by atoms with Crippen LogP contribution in [0, 0.1) is 6.92 Å². The van der Waals surface area contributed by atoms with Gasteiger partial charge in [0.25, 0.3) is 0 Å². The van der Waals surface area contributed by atoms with Crippen LogP contribution in [-0.4, -0.2) is 33.5 Å². The Hall–Kier alpha value is -4.00. The summed E-state index contributed by atoms with van der Waals surface area (Å²) in [7, 11) is 1.53. The first-order valence-electron chi connectivity index (χ1n) is 11.2. The van der Waals surface area contributed by atoms with Gasteiger partial charge in [0.1, 0.15) is 5.75 Å². The first kappa shape index (κ1) is 28.0. The zero-order valence-corrected chi connectivity index (χ0v) is 21.2. The van der Waals surface area contributed by atoms with Crippen LogP contribution < -0.4 is 10.1 Å². The maximum atomic E-state index is 13.1. The second-order valence-corrected chi connectivity index (χ2v) is 9.28. The number of carbonyl (C=O) groups excluding carboxylic acids is 1. The van der Waals surface area contributed by atoms with Gasteiger partial charge >= 0.3 is 12.4 Å². The summed E-state index contributed by atoms with van der Waals surface area (Å²) < 4.78 is 85.8. The maximum Gasteiger partial charge on any atom is 0.416 e. The molecule has 4 rings (SSSR count). The number of alkyl halides is 6. The van der Waals surface area contributed by atoms with Crippen molar-refractivity contribution in [2.75, 3.05) is 18.2 Å². The number of carbonyl (C=O) groups is 1. The van der Waals surface area contributed by atoms with Gasteiger partial charge < -0.3 is 10.1 Å². The fourth-order valence-corrected chi connectivity index (χ4v) is 4.32. The van der Waals surface area contributed by atoms with Gasteiger partial charge in [0.05, 0.1) is 24.0 Å². The number of hydrogen-bond acceptors (Lipinski definition) is 5. The third-order valence-corrected chi connectivity index (χ3v) is 6.41. The number of aryl methyl sites for hydroxylation is 1. The number of ether oxygens (including phenoxy) is 1. The Morgan fingerprint density at radius 3 is 2.03 bits per heavy atom. The van der Waals surface area contributed by atoms with Crippen molar-refractivity contribution in [1.29, 1.82) is 0 Å². The molecule has 1 heterocycles. The van der Waals surface area contributed by atoms with E-state index in [9.17, 15) is 31.1 Å². The van der Waals surface area contributed by atoms with Gasteiger partial charge in [0.2, 0.25) is 5.91 Å². The predicted octanol–water partition coefficient (Wildman–Crippen LogP) is 7.02. The summed E-state index contributed by atoms with van der Waals surface area (Å²) in [5.41, 5.74) is -1.28. The number of aromatic nitrogens is 3. The molecule has 0 spiro atoms. The second kappa shape index (κ2) is 11.0. The Morgan fingerprint density at radius 2 is 1.49 bits per heavy atom. The van der Waals surface area contributed by atoms with Gasteiger partial charge in [0.15, 0.2) is 11.0 Å². The molecule has 4 aromatic rings. The minimum absolute atomic E-state index is 0.00481. The molecular weight excluding hydrogens is 546 g/mol. The van der Waals surface area contributed by atoms with E-state index in [1.165, 1.54) is 7.11 Å². The monoisotopic (exact) mass is 566 g/mol. The molecule has 0 saturated carbocycles. The van der Waals surface area contributed by atoms with Gasteiger partial charge in [-0.2, -0.15) is 26.3 Å². The summed E-state index contributed by atoms with van der Waals surface area (Å²) >= 11 is 0.924. The smallest absolute Gasteiger partial charge is 0.416 e. The lowest BCUT2D eigenvalue weighted by Crippen LogP contribution is -2.17. The van der Waals surface area contributed by atoms with Crippen molar-refractivity contribution >= 4 is 23.4 Å². The Morgan fingerprint density at radius 1 is 0.897 bits per heavy atom. The zero-order valence-electron chi connectivity index (χ0n) is 20.4. The topological polar surface area (TPSA) is 69.0 Å². The standard InChI is InChI=1S/C26H20F6N4O2S/c1-15-3-7-20(8-4-15)36-23(16-5-9-21(38-2)10-6-16)34-35-24(36)39-14-22(37)33-19-12-17(25(27,28)29)11-18(13-19)26(30,31)32/h3-13H,14H2,1-2H3,(H,33,37). The molecule has 204 valence electrons. The number of nitrogens with one attached hydrogen (secondary N) is 1. The molecule has 13 heteroatoms. The highest BCUT2D eigenvalue weighted by atomic mass is 32.2. The molecule has 1 N–H and O–H groups in total. The molecule has 0 aliphatic rings. The maximum absolute atomic E-state index is 13.1. The molecule has 1 aromatic heterocycles. The molecule has 0 radical (unpaired) electrons. The highest BCUT2D eigenvalue weighted by Gasteiger charge is 2.37. The van der Waals surface area contributed by atoms with Crippen molar-refractivity contribution in [3.63, 3.8) is 0 Å². The number of halogens is 6. The quantitative estimate of drug-likeness (QED) is 0.192. The molecule has 0 aliphatic carbocycles. The SMILES string of the molecule is COc1ccc(-c2nnc(SCC(=O)Nc3cc(C(F)(F)F)cc(C(F)(F)F)c3)n2-c2ccc(C)cc2)cc1. The number of thioether (sulfide) groups is 1. The van der Waals surface area contributed by atoms with E-state index in [0.717, 1.165) is 17.3 Å². The van der Waals surface area contributed by atoms with Crippen LogP contribution in [0.15, 0.2) is 71.9 Å². The van der Waals surface area contributed by atoms with E-state index in [4.69, 9.17) is 4.74 Å². The first-order chi connectivity index (χ1) is 18.3. The fraction of sp³-hybridized carbons (Fsp3) is 0.192. The highest BCUT2D eigenvalue weighted by Crippen LogP contribution is 2.37. The summed E-state index contributed by atoms with van der Waals surface area (Å²) in [5, 5.41) is 10.8. The third-order valence-electron chi connectivity index (χ3n) is 5.48. The van der Waals surface area contributed by atoms with Gasteiger partial charge in [-0.3, -0.25) is 9.36 Å². The summed E-state index contributed by atoms with van der Waals surface area (Å²) in [5.74, 6) is -0.0896. The van der Waals surface area contributed by atoms with E-state index >= 15 is 0 Å². The summed E-state index contributed by atoms with van der Waals surface area (Å²) in [6.07, 6.45) is -10.1. The van der Waals surface area contributed by atoms with E-state index in [1.807, 2.05) is 31.2 Å². The van der Waals surface area contributed by atoms with Crippen molar-refractivity contribution in [1.82, 2.24) is 14.8 Å². The van der Waals surface area contributed by atoms with Crippen molar-refractivity contribution < 1.29 is 35.9 Å². The van der Waals surface area contributed by atoms with Gasteiger partial charge in [-0.15, -0.1) is 10.2 Å². The number of anilines is 1. The molecule has 1 amide bonds. The zero-order chi connectivity index (χ0) is 28.4. The van der Waals surface area contributed by atoms with E-state index in [1.54, 1.807) is 28.8 Å². The molecule has 0 saturated heterocycles. The van der Waals surface area contributed by atoms with Crippen molar-refractivity contribution in [3.05, 3.63) is 83.4 Å². The molecule has 39 heavy (non-hydrogen) atoms. The predicted molar refractivity (Wildman–Crippen MR) is 134 cm³/mol. The molecule has 0 unspecified atom stereocenters. The van der Waals surface area contributed by atoms with Crippen LogP contribution in [0.1, 0.15) is 16.7 Å². The average molecular weight is 567 g/mol. The number of rotatable bonds is 7. The minimum Gasteiger partial charge on any atom is -0.497 e. The van der Waals surface area contributed by atoms with Gasteiger partial charge in [-0.05, 0) is 61.5 Å². The molecule has 3 aromatic carbocycles. The number of nitrogens with zero attached hydrogens (tertiary/aromatic N) is 3. The van der Waals surface area contributed by atoms with Crippen molar-refractivity contribution in [2.45, 2.75) is 24.4 Å². The lowest BCUT2D eigenvalue weighted by atomic mass is 10.1. The van der Waals surface area contributed by atoms with Crippen LogP contribution in [0.3, 0.4) is 0 Å². The molecule has 0 fully saturated rings. The van der Waals surface area contributed by atoms with Crippen LogP contribution in [0.4, 0.5) is 32.0 Å². The molecule has 0 bridgehead atoms. The van der Waals surface area contributed by atoms with Gasteiger partial charge in [-0.25, -0.2) is 0 Å². The van der Waals surface area contributed by atoms with Gasteiger partial charge in [0, 0.05) is 16.9 Å². The van der Waals surface area contributed by atoms with E-state index in [-0.39, 0.29) is 11.8 Å². The lowest BCUT2D eigenvalue weighted by molar-refractivity contribution is -0.143. The summed E-state index contributed by atoms with van der Waals surface area (Å²) in [6.45, 7) is 1.91. The van der Waals surface area contributed by atoms with E-state index < -0.39 is 35.1 Å². The van der Waals surface area contributed by atoms with Gasteiger partial charge in [-0.1, -0.05) is 29.5 Å². The van der Waals surface area contributed by atoms with Crippen LogP contribution in [0.2, 0.25) is 0 Å². The average Bonchev–Trinajstić information content (AvgIpc) is 3.30. The summed E-state index contributed by atoms with van der Waals surface area (Å²) in [4.78, 5) is 12.6. The highest BCUT2D eigenvalue weighted by molar-refractivity contribution is 7.99.